The van der Waals surface area contributed by atoms with Crippen molar-refractivity contribution in [3.63, 3.8) is 0 Å². The highest BCUT2D eigenvalue weighted by atomic mass is 16.6. The van der Waals surface area contributed by atoms with E-state index in [2.05, 4.69) is 32.1 Å². The van der Waals surface area contributed by atoms with Gasteiger partial charge < -0.3 is 16.6 Å². The number of hydrogen-bond donors (Lipinski definition) is 9. The fourth-order valence-electron chi connectivity index (χ4n) is 0.287. The van der Waals surface area contributed by atoms with Crippen molar-refractivity contribution >= 4 is 41.4 Å². The van der Waals surface area contributed by atoms with Crippen LogP contribution < -0.4 is 33.4 Å². The van der Waals surface area contributed by atoms with E-state index in [-0.39, 0.29) is 23.6 Å². The normalized spacial score (nSPS) is 6.91. The van der Waals surface area contributed by atoms with E-state index in [1.807, 2.05) is 0 Å². The van der Waals surface area contributed by atoms with E-state index in [1.54, 1.807) is 0 Å². The molecule has 0 saturated heterocycles. The molecule has 0 unspecified atom stereocenters. The molecular weight excluding hydrogens is 468 g/mol. The molecule has 0 spiro atoms. The highest BCUT2D eigenvalue weighted by Gasteiger charge is 1.80. The SMILES string of the molecule is CC(=O)NO.CC(=O)NO.CC(=O)O.CC(N)=O.CC(N)=O.CONC(C)=O.CONC(C)=O. The van der Waals surface area contributed by atoms with Crippen LogP contribution in [-0.4, -0.2) is 71.2 Å². The summed E-state index contributed by atoms with van der Waals surface area (Å²) in [5.74, 6) is -2.75. The molecule has 6 amide bonds. The van der Waals surface area contributed by atoms with E-state index in [1.165, 1.54) is 66.7 Å². The Bertz CT molecular complexity index is 488. The molecule has 18 heteroatoms. The molecule has 0 heterocycles. The molecule has 0 atom stereocenters. The summed E-state index contributed by atoms with van der Waals surface area (Å²) >= 11 is 0. The summed E-state index contributed by atoms with van der Waals surface area (Å²) in [6, 6.07) is 0. The van der Waals surface area contributed by atoms with Crippen LogP contribution in [0.25, 0.3) is 0 Å². The first-order valence-corrected chi connectivity index (χ1v) is 8.40. The molecule has 0 aliphatic carbocycles. The average Bonchev–Trinajstić information content (AvgIpc) is 2.61. The number of amides is 6. The zero-order valence-electron chi connectivity index (χ0n) is 20.7. The van der Waals surface area contributed by atoms with Gasteiger partial charge in [-0.3, -0.25) is 53.7 Å². The third kappa shape index (κ3) is 551. The zero-order chi connectivity index (χ0) is 29.3. The monoisotopic (exact) mass is 506 g/mol. The lowest BCUT2D eigenvalue weighted by atomic mass is 10.8. The number of carbonyl (C=O) groups excluding carboxylic acids is 6. The first-order valence-electron chi connectivity index (χ1n) is 8.40. The van der Waals surface area contributed by atoms with Crippen LogP contribution in [0.3, 0.4) is 0 Å². The van der Waals surface area contributed by atoms with E-state index in [0.717, 1.165) is 6.92 Å². The Labute approximate surface area is 197 Å². The molecule has 34 heavy (non-hydrogen) atoms. The Morgan fingerprint density at radius 2 is 0.676 bits per heavy atom. The van der Waals surface area contributed by atoms with Gasteiger partial charge in [-0.2, -0.15) is 0 Å². The minimum absolute atomic E-state index is 0.183. The second-order valence-electron chi connectivity index (χ2n) is 4.80. The summed E-state index contributed by atoms with van der Waals surface area (Å²) in [7, 11) is 2.78. The number of nitrogens with one attached hydrogen (secondary N) is 4. The van der Waals surface area contributed by atoms with Gasteiger partial charge in [0.25, 0.3) is 5.97 Å². The second-order valence-corrected chi connectivity index (χ2v) is 4.80. The lowest BCUT2D eigenvalue weighted by Gasteiger charge is -1.90. The predicted molar refractivity (Wildman–Crippen MR) is 116 cm³/mol. The number of primary amides is 2. The van der Waals surface area contributed by atoms with E-state index in [9.17, 15) is 28.8 Å². The number of carboxylic acids is 1. The molecule has 0 rings (SSSR count). The zero-order valence-corrected chi connectivity index (χ0v) is 20.7. The van der Waals surface area contributed by atoms with Gasteiger partial charge in [0.2, 0.25) is 35.4 Å². The van der Waals surface area contributed by atoms with Crippen molar-refractivity contribution in [2.24, 2.45) is 11.5 Å². The summed E-state index contributed by atoms with van der Waals surface area (Å²) in [6.07, 6.45) is 0. The van der Waals surface area contributed by atoms with Crippen molar-refractivity contribution in [1.29, 1.82) is 0 Å². The third-order valence-corrected chi connectivity index (χ3v) is 0.806. The maximum Gasteiger partial charge on any atom is 0.300 e. The van der Waals surface area contributed by atoms with Crippen LogP contribution >= 0.6 is 0 Å². The Morgan fingerprint density at radius 3 is 0.676 bits per heavy atom. The third-order valence-electron chi connectivity index (χ3n) is 0.806. The van der Waals surface area contributed by atoms with E-state index >= 15 is 0 Å². The van der Waals surface area contributed by atoms with Gasteiger partial charge in [-0.1, -0.05) is 0 Å². The minimum atomic E-state index is -0.833. The first kappa shape index (κ1) is 47.8. The smallest absolute Gasteiger partial charge is 0.300 e. The summed E-state index contributed by atoms with van der Waals surface area (Å²) in [4.78, 5) is 74.4. The molecule has 11 N–H and O–H groups in total. The van der Waals surface area contributed by atoms with Crippen LogP contribution in [0.1, 0.15) is 48.5 Å². The lowest BCUT2D eigenvalue weighted by molar-refractivity contribution is -0.134. The van der Waals surface area contributed by atoms with Crippen LogP contribution in [-0.2, 0) is 43.2 Å². The Kier molecular flexibility index (Phi) is 60.6. The molecule has 0 fully saturated rings. The van der Waals surface area contributed by atoms with Crippen molar-refractivity contribution in [1.82, 2.24) is 21.9 Å². The van der Waals surface area contributed by atoms with Gasteiger partial charge >= 0.3 is 0 Å². The summed E-state index contributed by atoms with van der Waals surface area (Å²) in [6.45, 7) is 8.90. The molecule has 0 aromatic rings. The van der Waals surface area contributed by atoms with Gasteiger partial charge in [0, 0.05) is 48.5 Å². The van der Waals surface area contributed by atoms with Gasteiger partial charge in [-0.25, -0.2) is 21.9 Å². The van der Waals surface area contributed by atoms with Gasteiger partial charge in [-0.15, -0.1) is 0 Å². The van der Waals surface area contributed by atoms with E-state index in [4.69, 9.17) is 20.3 Å². The van der Waals surface area contributed by atoms with Crippen LogP contribution in [0.4, 0.5) is 0 Å². The summed E-state index contributed by atoms with van der Waals surface area (Å²) < 4.78 is 0. The maximum absolute atomic E-state index is 9.81. The highest BCUT2D eigenvalue weighted by Crippen LogP contribution is 1.54. The molecule has 0 aromatic heterocycles. The van der Waals surface area contributed by atoms with Crippen molar-refractivity contribution in [2.45, 2.75) is 48.5 Å². The van der Waals surface area contributed by atoms with Crippen molar-refractivity contribution in [3.05, 3.63) is 0 Å². The van der Waals surface area contributed by atoms with E-state index in [0.29, 0.717) is 0 Å². The number of nitrogens with two attached hydrogens (primary N) is 2. The number of aliphatic carboxylic acids is 1. The molecule has 0 aromatic carbocycles. The van der Waals surface area contributed by atoms with Crippen LogP contribution in [0.5, 0.6) is 0 Å². The minimum Gasteiger partial charge on any atom is -0.481 e. The van der Waals surface area contributed by atoms with Gasteiger partial charge in [0.05, 0.1) is 14.2 Å². The van der Waals surface area contributed by atoms with Crippen molar-refractivity contribution in [3.8, 4) is 0 Å². The Balaban J connectivity index is -0.0000000504. The van der Waals surface area contributed by atoms with Gasteiger partial charge in [0.1, 0.15) is 0 Å². The fourth-order valence-corrected chi connectivity index (χ4v) is 0.287. The number of carboxylic acid groups (broad SMARTS) is 1. The first-order chi connectivity index (χ1) is 15.3. The quantitative estimate of drug-likeness (QED) is 0.138. The number of rotatable bonds is 2. The standard InChI is InChI=1S/2C3H7NO2.2C2H5NO2.2C2H5NO.C2H4O2/c2*1-3(5)4-6-2;2*1-2(4)3-5;3*1-2(3)4/h2*1-2H3,(H,4,5);2*5H,1H3,(H,3,4);2*1H3,(H2,3,4);1H3,(H,3,4). The van der Waals surface area contributed by atoms with Crippen LogP contribution in [0.15, 0.2) is 0 Å². The Morgan fingerprint density at radius 1 is 0.559 bits per heavy atom. The molecule has 204 valence electrons. The second kappa shape index (κ2) is 43.1. The molecule has 0 aliphatic rings. The molecule has 0 saturated carbocycles. The maximum atomic E-state index is 9.81. The van der Waals surface area contributed by atoms with Crippen molar-refractivity contribution in [2.75, 3.05) is 14.2 Å². The molecule has 18 nitrogen and oxygen atoms in total. The predicted octanol–water partition coefficient (Wildman–Crippen LogP) is -2.53. The van der Waals surface area contributed by atoms with Gasteiger partial charge in [0.15, 0.2) is 0 Å². The van der Waals surface area contributed by atoms with E-state index < -0.39 is 17.8 Å². The molecule has 0 bridgehead atoms. The molecular formula is C16H38N6O12. The summed E-state index contributed by atoms with van der Waals surface area (Å²) in [5, 5.41) is 22.5. The van der Waals surface area contributed by atoms with Crippen LogP contribution in [0.2, 0.25) is 0 Å². The largest absolute Gasteiger partial charge is 0.481 e. The number of carbonyl (C=O) groups is 7. The number of hydrogen-bond acceptors (Lipinski definition) is 11. The summed E-state index contributed by atoms with van der Waals surface area (Å²) in [5.41, 5.74) is 15.9. The van der Waals surface area contributed by atoms with Crippen LogP contribution in [0, 0.1) is 0 Å². The topological polar surface area (TPSA) is 299 Å². The van der Waals surface area contributed by atoms with Gasteiger partial charge in [-0.05, 0) is 0 Å². The average molecular weight is 507 g/mol. The molecule has 0 radical (unpaired) electrons. The van der Waals surface area contributed by atoms with Crippen molar-refractivity contribution < 1.29 is 58.8 Å². The lowest BCUT2D eigenvalue weighted by Crippen LogP contribution is -2.17. The Hall–Kier alpha value is -3.87. The number of hydroxylamine groups is 4. The fraction of sp³-hybridized carbons (Fsp3) is 0.562. The molecule has 0 aliphatic heterocycles. The highest BCUT2D eigenvalue weighted by molar-refractivity contribution is 5.72.